The maximum Gasteiger partial charge on any atom is 0.191 e. The highest BCUT2D eigenvalue weighted by Gasteiger charge is 2.26. The fraction of sp³-hybridized carbons (Fsp3) is 0.818. The van der Waals surface area contributed by atoms with Gasteiger partial charge in [0, 0.05) is 56.0 Å². The zero-order chi connectivity index (χ0) is 20.0. The smallest absolute Gasteiger partial charge is 0.191 e. The summed E-state index contributed by atoms with van der Waals surface area (Å²) >= 11 is 1.77. The molecular weight excluding hydrogens is 366 g/mol. The first-order valence-corrected chi connectivity index (χ1v) is 12.0. The van der Waals surface area contributed by atoms with E-state index in [1.165, 1.54) is 68.7 Å². The molecule has 5 nitrogen and oxygen atoms in total. The summed E-state index contributed by atoms with van der Waals surface area (Å²) in [5.74, 6) is 0.934. The van der Waals surface area contributed by atoms with Crippen molar-refractivity contribution < 1.29 is 0 Å². The van der Waals surface area contributed by atoms with Crippen molar-refractivity contribution in [1.82, 2.24) is 20.5 Å². The second-order valence-electron chi connectivity index (χ2n) is 9.37. The summed E-state index contributed by atoms with van der Waals surface area (Å²) in [5.41, 5.74) is 1.33. The second-order valence-corrected chi connectivity index (χ2v) is 10.3. The van der Waals surface area contributed by atoms with Gasteiger partial charge in [-0.1, -0.05) is 40.0 Å². The minimum atomic E-state index is 0.131. The number of thiazole rings is 1. The molecule has 1 saturated heterocycles. The lowest BCUT2D eigenvalue weighted by Gasteiger charge is -2.39. The van der Waals surface area contributed by atoms with Crippen LogP contribution < -0.4 is 10.6 Å². The summed E-state index contributed by atoms with van der Waals surface area (Å²) in [6.45, 7) is 9.99. The Bertz CT molecular complexity index is 619. The van der Waals surface area contributed by atoms with Gasteiger partial charge in [-0.3, -0.25) is 4.99 Å². The maximum atomic E-state index is 4.79. The molecule has 2 fully saturated rings. The highest BCUT2D eigenvalue weighted by atomic mass is 32.1. The zero-order valence-electron chi connectivity index (χ0n) is 18.3. The number of nitrogens with zero attached hydrogens (tertiary/aromatic N) is 3. The molecule has 6 heteroatoms. The molecule has 1 aromatic rings. The summed E-state index contributed by atoms with van der Waals surface area (Å²) in [6.07, 6.45) is 10.5. The molecule has 0 unspecified atom stereocenters. The van der Waals surface area contributed by atoms with E-state index < -0.39 is 0 Å². The number of likely N-dealkylation sites (tertiary alicyclic amines) is 1. The van der Waals surface area contributed by atoms with Gasteiger partial charge in [0.05, 0.1) is 10.7 Å². The van der Waals surface area contributed by atoms with Gasteiger partial charge < -0.3 is 15.5 Å². The normalized spacial score (nSPS) is 21.1. The predicted molar refractivity (Wildman–Crippen MR) is 120 cm³/mol. The predicted octanol–water partition coefficient (Wildman–Crippen LogP) is 3.95. The van der Waals surface area contributed by atoms with Crippen LogP contribution in [0.15, 0.2) is 10.4 Å². The fourth-order valence-electron chi connectivity index (χ4n) is 4.30. The minimum absolute atomic E-state index is 0.131. The van der Waals surface area contributed by atoms with E-state index >= 15 is 0 Å². The van der Waals surface area contributed by atoms with Gasteiger partial charge in [0.1, 0.15) is 0 Å². The molecule has 0 atom stereocenters. The number of hydrogen-bond donors (Lipinski definition) is 2. The molecule has 0 radical (unpaired) electrons. The Morgan fingerprint density at radius 2 is 1.89 bits per heavy atom. The van der Waals surface area contributed by atoms with E-state index in [1.807, 2.05) is 7.05 Å². The van der Waals surface area contributed by atoms with Crippen LogP contribution in [0.4, 0.5) is 0 Å². The number of nitrogens with one attached hydrogen (secondary N) is 2. The van der Waals surface area contributed by atoms with Gasteiger partial charge in [-0.2, -0.15) is 0 Å². The molecule has 0 aromatic carbocycles. The van der Waals surface area contributed by atoms with E-state index in [4.69, 9.17) is 4.98 Å². The molecule has 1 aromatic heterocycles. The van der Waals surface area contributed by atoms with E-state index in [0.717, 1.165) is 25.0 Å². The first-order valence-electron chi connectivity index (χ1n) is 11.1. The van der Waals surface area contributed by atoms with Crippen LogP contribution >= 0.6 is 11.3 Å². The van der Waals surface area contributed by atoms with Crippen molar-refractivity contribution in [3.8, 4) is 0 Å². The molecule has 2 N–H and O–H groups in total. The molecule has 0 spiro atoms. The van der Waals surface area contributed by atoms with Crippen molar-refractivity contribution in [2.75, 3.05) is 26.7 Å². The van der Waals surface area contributed by atoms with Gasteiger partial charge in [0.2, 0.25) is 0 Å². The van der Waals surface area contributed by atoms with Crippen molar-refractivity contribution in [2.24, 2.45) is 4.99 Å². The first-order chi connectivity index (χ1) is 13.5. The van der Waals surface area contributed by atoms with Gasteiger partial charge >= 0.3 is 0 Å². The lowest BCUT2D eigenvalue weighted by atomic mass is 9.92. The molecule has 1 aliphatic heterocycles. The van der Waals surface area contributed by atoms with Crippen LogP contribution in [0.1, 0.15) is 76.4 Å². The highest BCUT2D eigenvalue weighted by Crippen LogP contribution is 2.25. The van der Waals surface area contributed by atoms with Crippen LogP contribution in [0.5, 0.6) is 0 Å². The lowest BCUT2D eigenvalue weighted by molar-refractivity contribution is 0.119. The van der Waals surface area contributed by atoms with Crippen LogP contribution in [0.2, 0.25) is 0 Å². The SMILES string of the molecule is CN=C(NCCc1nc(C(C)(C)C)cs1)NC1CCN(C2CCCCC2)CC1. The molecule has 158 valence electrons. The van der Waals surface area contributed by atoms with Crippen LogP contribution in [-0.2, 0) is 11.8 Å². The van der Waals surface area contributed by atoms with Gasteiger partial charge in [-0.25, -0.2) is 4.98 Å². The summed E-state index contributed by atoms with van der Waals surface area (Å²) in [5, 5.41) is 10.5. The fourth-order valence-corrected chi connectivity index (χ4v) is 5.33. The van der Waals surface area contributed by atoms with E-state index in [1.54, 1.807) is 11.3 Å². The summed E-state index contributed by atoms with van der Waals surface area (Å²) in [4.78, 5) is 12.0. The molecule has 0 bridgehead atoms. The van der Waals surface area contributed by atoms with Crippen molar-refractivity contribution in [3.63, 3.8) is 0 Å². The Hall–Kier alpha value is -1.14. The Kier molecular flexibility index (Phi) is 7.75. The maximum absolute atomic E-state index is 4.79. The molecule has 3 rings (SSSR count). The monoisotopic (exact) mass is 405 g/mol. The summed E-state index contributed by atoms with van der Waals surface area (Å²) < 4.78 is 0. The summed E-state index contributed by atoms with van der Waals surface area (Å²) in [7, 11) is 1.87. The third-order valence-electron chi connectivity index (χ3n) is 6.14. The average molecular weight is 406 g/mol. The number of hydrogen-bond acceptors (Lipinski definition) is 4. The number of piperidine rings is 1. The molecule has 1 aliphatic carbocycles. The molecular formula is C22H39N5S. The lowest BCUT2D eigenvalue weighted by Crippen LogP contribution is -2.51. The van der Waals surface area contributed by atoms with E-state index in [2.05, 4.69) is 46.7 Å². The number of aromatic nitrogens is 1. The Morgan fingerprint density at radius 1 is 1.18 bits per heavy atom. The summed E-state index contributed by atoms with van der Waals surface area (Å²) in [6, 6.07) is 1.39. The third-order valence-corrected chi connectivity index (χ3v) is 7.05. The first kappa shape index (κ1) is 21.6. The second kappa shape index (κ2) is 10.1. The molecule has 28 heavy (non-hydrogen) atoms. The Balaban J connectivity index is 1.37. The van der Waals surface area contributed by atoms with Gasteiger partial charge in [-0.05, 0) is 25.7 Å². The number of aliphatic imine (C=N–C) groups is 1. The zero-order valence-corrected chi connectivity index (χ0v) is 19.1. The van der Waals surface area contributed by atoms with Gasteiger partial charge in [0.25, 0.3) is 0 Å². The van der Waals surface area contributed by atoms with E-state index in [0.29, 0.717) is 6.04 Å². The van der Waals surface area contributed by atoms with Crippen molar-refractivity contribution in [3.05, 3.63) is 16.1 Å². The van der Waals surface area contributed by atoms with Crippen LogP contribution in [0.25, 0.3) is 0 Å². The quantitative estimate of drug-likeness (QED) is 0.575. The Labute approximate surface area is 175 Å². The Morgan fingerprint density at radius 3 is 2.50 bits per heavy atom. The molecule has 0 amide bonds. The highest BCUT2D eigenvalue weighted by molar-refractivity contribution is 7.09. The number of guanidine groups is 1. The van der Waals surface area contributed by atoms with Crippen molar-refractivity contribution in [2.45, 2.75) is 89.6 Å². The van der Waals surface area contributed by atoms with Crippen LogP contribution in [0.3, 0.4) is 0 Å². The van der Waals surface area contributed by atoms with E-state index in [-0.39, 0.29) is 5.41 Å². The minimum Gasteiger partial charge on any atom is -0.356 e. The van der Waals surface area contributed by atoms with Crippen LogP contribution in [0, 0.1) is 0 Å². The largest absolute Gasteiger partial charge is 0.356 e. The van der Waals surface area contributed by atoms with Gasteiger partial charge in [0.15, 0.2) is 5.96 Å². The van der Waals surface area contributed by atoms with Crippen LogP contribution in [-0.4, -0.2) is 54.6 Å². The molecule has 2 heterocycles. The number of rotatable bonds is 5. The van der Waals surface area contributed by atoms with Crippen molar-refractivity contribution in [1.29, 1.82) is 0 Å². The van der Waals surface area contributed by atoms with E-state index in [9.17, 15) is 0 Å². The third kappa shape index (κ3) is 6.18. The molecule has 2 aliphatic rings. The average Bonchev–Trinajstić information content (AvgIpc) is 3.18. The standard InChI is InChI=1S/C22H39N5S/c1-22(2,3)19-16-28-20(26-19)10-13-24-21(23-4)25-17-11-14-27(15-12-17)18-8-6-5-7-9-18/h16-18H,5-15H2,1-4H3,(H2,23,24,25). The topological polar surface area (TPSA) is 52.6 Å². The van der Waals surface area contributed by atoms with Gasteiger partial charge in [-0.15, -0.1) is 11.3 Å². The molecule has 1 saturated carbocycles. The van der Waals surface area contributed by atoms with Crippen molar-refractivity contribution >= 4 is 17.3 Å².